The normalized spacial score (nSPS) is 21.6. The minimum absolute atomic E-state index is 0.0168. The zero-order valence-electron chi connectivity index (χ0n) is 11.1. The summed E-state index contributed by atoms with van der Waals surface area (Å²) in [5.41, 5.74) is -0.267. The summed E-state index contributed by atoms with van der Waals surface area (Å²) in [4.78, 5) is 25.3. The van der Waals surface area contributed by atoms with Crippen LogP contribution in [0.25, 0.3) is 0 Å². The Morgan fingerprint density at radius 3 is 2.59 bits per heavy atom. The molecule has 5 nitrogen and oxygen atoms in total. The lowest BCUT2D eigenvalue weighted by molar-refractivity contribution is -0.148. The van der Waals surface area contributed by atoms with Crippen LogP contribution in [-0.4, -0.2) is 49.1 Å². The molecule has 0 spiro atoms. The Balaban J connectivity index is 2.66. The van der Waals surface area contributed by atoms with Crippen molar-refractivity contribution in [2.75, 3.05) is 26.3 Å². The Labute approximate surface area is 102 Å². The number of amides is 2. The molecule has 1 N–H and O–H groups in total. The molecule has 1 aliphatic rings. The van der Waals surface area contributed by atoms with E-state index >= 15 is 0 Å². The number of carbonyl (C=O) groups is 2. The molecule has 98 valence electrons. The zero-order chi connectivity index (χ0) is 13.1. The number of nitrogens with one attached hydrogen (secondary N) is 1. The summed E-state index contributed by atoms with van der Waals surface area (Å²) in [6, 6.07) is -0.439. The van der Waals surface area contributed by atoms with E-state index in [0.29, 0.717) is 19.8 Å². The van der Waals surface area contributed by atoms with Gasteiger partial charge < -0.3 is 15.0 Å². The van der Waals surface area contributed by atoms with Gasteiger partial charge in [-0.05, 0) is 12.3 Å². The van der Waals surface area contributed by atoms with Crippen molar-refractivity contribution in [3.8, 4) is 0 Å². The Morgan fingerprint density at radius 1 is 1.41 bits per heavy atom. The van der Waals surface area contributed by atoms with Crippen LogP contribution < -0.4 is 5.32 Å². The molecule has 0 aliphatic carbocycles. The van der Waals surface area contributed by atoms with Gasteiger partial charge in [0.25, 0.3) is 0 Å². The summed E-state index contributed by atoms with van der Waals surface area (Å²) < 4.78 is 5.22. The van der Waals surface area contributed by atoms with E-state index < -0.39 is 6.04 Å². The van der Waals surface area contributed by atoms with Crippen molar-refractivity contribution in [2.45, 2.75) is 33.7 Å². The molecule has 1 fully saturated rings. The molecule has 1 heterocycles. The Bertz CT molecular complexity index is 297. The first-order chi connectivity index (χ1) is 7.86. The van der Waals surface area contributed by atoms with E-state index in [1.54, 1.807) is 4.90 Å². The van der Waals surface area contributed by atoms with Crippen molar-refractivity contribution >= 4 is 11.8 Å². The van der Waals surface area contributed by atoms with Gasteiger partial charge in [0, 0.05) is 13.2 Å². The van der Waals surface area contributed by atoms with Gasteiger partial charge in [0.2, 0.25) is 11.8 Å². The molecule has 17 heavy (non-hydrogen) atoms. The van der Waals surface area contributed by atoms with Crippen LogP contribution in [0, 0.1) is 5.41 Å². The number of piperazine rings is 1. The van der Waals surface area contributed by atoms with Gasteiger partial charge in [-0.3, -0.25) is 9.59 Å². The minimum atomic E-state index is -0.439. The van der Waals surface area contributed by atoms with Crippen molar-refractivity contribution in [2.24, 2.45) is 5.41 Å². The molecule has 0 aromatic rings. The third kappa shape index (κ3) is 3.70. The van der Waals surface area contributed by atoms with Crippen LogP contribution in [0.15, 0.2) is 0 Å². The second-order valence-corrected chi connectivity index (χ2v) is 5.32. The third-order valence-electron chi connectivity index (χ3n) is 2.77. The monoisotopic (exact) mass is 242 g/mol. The van der Waals surface area contributed by atoms with Crippen LogP contribution in [0.1, 0.15) is 27.7 Å². The molecule has 1 unspecified atom stereocenters. The molecule has 0 bridgehead atoms. The van der Waals surface area contributed by atoms with Crippen molar-refractivity contribution in [3.63, 3.8) is 0 Å². The highest BCUT2D eigenvalue weighted by Gasteiger charge is 2.39. The van der Waals surface area contributed by atoms with Gasteiger partial charge in [0.1, 0.15) is 6.04 Å². The van der Waals surface area contributed by atoms with Crippen LogP contribution in [0.2, 0.25) is 0 Å². The smallest absolute Gasteiger partial charge is 0.246 e. The molecule has 0 saturated carbocycles. The van der Waals surface area contributed by atoms with Crippen molar-refractivity contribution in [1.82, 2.24) is 10.2 Å². The van der Waals surface area contributed by atoms with Crippen molar-refractivity contribution in [3.05, 3.63) is 0 Å². The molecular formula is C12H22N2O3. The van der Waals surface area contributed by atoms with E-state index in [0.717, 1.165) is 0 Å². The fourth-order valence-electron chi connectivity index (χ4n) is 1.80. The lowest BCUT2D eigenvalue weighted by atomic mass is 9.85. The number of ether oxygens (including phenoxy) is 1. The summed E-state index contributed by atoms with van der Waals surface area (Å²) in [6.45, 7) is 9.46. The number of hydrogen-bond acceptors (Lipinski definition) is 3. The summed E-state index contributed by atoms with van der Waals surface area (Å²) in [5.74, 6) is -0.113. The zero-order valence-corrected chi connectivity index (χ0v) is 11.1. The lowest BCUT2D eigenvalue weighted by Gasteiger charge is -2.38. The highest BCUT2D eigenvalue weighted by molar-refractivity contribution is 5.95. The number of hydrogen-bond donors (Lipinski definition) is 1. The molecular weight excluding hydrogens is 220 g/mol. The Kier molecular flexibility index (Phi) is 4.51. The molecule has 2 amide bonds. The van der Waals surface area contributed by atoms with Gasteiger partial charge in [-0.1, -0.05) is 20.8 Å². The first-order valence-corrected chi connectivity index (χ1v) is 6.02. The van der Waals surface area contributed by atoms with E-state index in [1.807, 2.05) is 27.7 Å². The van der Waals surface area contributed by atoms with Crippen molar-refractivity contribution < 1.29 is 14.3 Å². The number of rotatable bonds is 4. The number of carbonyl (C=O) groups excluding carboxylic acids is 2. The van der Waals surface area contributed by atoms with Gasteiger partial charge in [-0.15, -0.1) is 0 Å². The van der Waals surface area contributed by atoms with Crippen LogP contribution in [-0.2, 0) is 14.3 Å². The van der Waals surface area contributed by atoms with E-state index in [-0.39, 0.29) is 23.8 Å². The Morgan fingerprint density at radius 2 is 2.06 bits per heavy atom. The topological polar surface area (TPSA) is 58.6 Å². The van der Waals surface area contributed by atoms with Crippen LogP contribution in [0.5, 0.6) is 0 Å². The maximum absolute atomic E-state index is 12.2. The molecule has 0 aromatic carbocycles. The molecule has 0 radical (unpaired) electrons. The van der Waals surface area contributed by atoms with E-state index in [9.17, 15) is 9.59 Å². The fraction of sp³-hybridized carbons (Fsp3) is 0.833. The van der Waals surface area contributed by atoms with E-state index in [2.05, 4.69) is 5.32 Å². The summed E-state index contributed by atoms with van der Waals surface area (Å²) in [5, 5.41) is 2.76. The van der Waals surface area contributed by atoms with Gasteiger partial charge in [-0.25, -0.2) is 0 Å². The highest BCUT2D eigenvalue weighted by Crippen LogP contribution is 2.22. The van der Waals surface area contributed by atoms with Crippen LogP contribution in [0.4, 0.5) is 0 Å². The minimum Gasteiger partial charge on any atom is -0.380 e. The second kappa shape index (κ2) is 5.49. The van der Waals surface area contributed by atoms with Crippen LogP contribution >= 0.6 is 0 Å². The van der Waals surface area contributed by atoms with Gasteiger partial charge in [0.05, 0.1) is 13.2 Å². The largest absolute Gasteiger partial charge is 0.380 e. The predicted molar refractivity (Wildman–Crippen MR) is 64.5 cm³/mol. The third-order valence-corrected chi connectivity index (χ3v) is 2.77. The molecule has 1 saturated heterocycles. The van der Waals surface area contributed by atoms with Gasteiger partial charge in [0.15, 0.2) is 0 Å². The van der Waals surface area contributed by atoms with Gasteiger partial charge >= 0.3 is 0 Å². The predicted octanol–water partition coefficient (Wildman–Crippen LogP) is 0.396. The fourth-order valence-corrected chi connectivity index (χ4v) is 1.80. The van der Waals surface area contributed by atoms with E-state index in [1.165, 1.54) is 0 Å². The van der Waals surface area contributed by atoms with Gasteiger partial charge in [-0.2, -0.15) is 0 Å². The maximum Gasteiger partial charge on any atom is 0.246 e. The highest BCUT2D eigenvalue weighted by atomic mass is 16.5. The maximum atomic E-state index is 12.2. The summed E-state index contributed by atoms with van der Waals surface area (Å²) in [6.07, 6.45) is 0. The first kappa shape index (κ1) is 14.0. The molecule has 1 aliphatic heterocycles. The van der Waals surface area contributed by atoms with Crippen molar-refractivity contribution in [1.29, 1.82) is 0 Å². The average Bonchev–Trinajstić information content (AvgIpc) is 2.21. The first-order valence-electron chi connectivity index (χ1n) is 6.02. The van der Waals surface area contributed by atoms with Crippen LogP contribution in [0.3, 0.4) is 0 Å². The SMILES string of the molecule is CCOCCN1CC(=O)NC(C(C)(C)C)C1=O. The Hall–Kier alpha value is -1.10. The molecule has 5 heteroatoms. The molecule has 1 atom stereocenters. The second-order valence-electron chi connectivity index (χ2n) is 5.32. The number of nitrogens with zero attached hydrogens (tertiary/aromatic N) is 1. The van der Waals surface area contributed by atoms with E-state index in [4.69, 9.17) is 4.74 Å². The standard InChI is InChI=1S/C12H22N2O3/c1-5-17-7-6-14-8-9(15)13-10(11(14)16)12(2,3)4/h10H,5-8H2,1-4H3,(H,13,15). The molecule has 0 aromatic heterocycles. The lowest BCUT2D eigenvalue weighted by Crippen LogP contribution is -2.62. The molecule has 1 rings (SSSR count). The summed E-state index contributed by atoms with van der Waals surface area (Å²) >= 11 is 0. The average molecular weight is 242 g/mol. The summed E-state index contributed by atoms with van der Waals surface area (Å²) in [7, 11) is 0. The quantitative estimate of drug-likeness (QED) is 0.726.